The lowest BCUT2D eigenvalue weighted by molar-refractivity contribution is 0.618. The highest BCUT2D eigenvalue weighted by Gasteiger charge is 2.22. The SMILES string of the molecule is BOc1cc(-c2nnn(C)n2)ccc1-c1cnc(NC2CC2)nn1. The quantitative estimate of drug-likeness (QED) is 0.666. The Kier molecular flexibility index (Phi) is 3.56. The fraction of sp³-hybridized carbons (Fsp3) is 0.286. The van der Waals surface area contributed by atoms with E-state index in [4.69, 9.17) is 4.65 Å². The van der Waals surface area contributed by atoms with Crippen LogP contribution in [0.4, 0.5) is 5.95 Å². The molecule has 1 aliphatic rings. The molecule has 0 atom stereocenters. The maximum absolute atomic E-state index is 5.48. The molecule has 1 N–H and O–H groups in total. The predicted octanol–water partition coefficient (Wildman–Crippen LogP) is 0.230. The zero-order chi connectivity index (χ0) is 16.5. The molecule has 2 aromatic heterocycles. The van der Waals surface area contributed by atoms with E-state index in [1.54, 1.807) is 21.3 Å². The molecular formula is C14H15BN8O. The van der Waals surface area contributed by atoms with Crippen LogP contribution in [-0.4, -0.2) is 49.5 Å². The van der Waals surface area contributed by atoms with Crippen LogP contribution in [0, 0.1) is 0 Å². The van der Waals surface area contributed by atoms with Gasteiger partial charge in [-0.3, -0.25) is 0 Å². The molecule has 0 aliphatic heterocycles. The molecule has 2 heterocycles. The second-order valence-electron chi connectivity index (χ2n) is 5.60. The molecule has 10 heteroatoms. The van der Waals surface area contributed by atoms with Gasteiger partial charge in [-0.2, -0.15) is 4.80 Å². The smallest absolute Gasteiger partial charge is 0.322 e. The molecule has 1 aliphatic carbocycles. The Labute approximate surface area is 138 Å². The van der Waals surface area contributed by atoms with Gasteiger partial charge in [0.2, 0.25) is 11.8 Å². The van der Waals surface area contributed by atoms with E-state index in [0.29, 0.717) is 29.3 Å². The van der Waals surface area contributed by atoms with E-state index < -0.39 is 0 Å². The Morgan fingerprint density at radius 3 is 2.75 bits per heavy atom. The Morgan fingerprint density at radius 2 is 2.12 bits per heavy atom. The fourth-order valence-electron chi connectivity index (χ4n) is 2.32. The summed E-state index contributed by atoms with van der Waals surface area (Å²) < 4.78 is 5.48. The molecule has 3 aromatic rings. The average Bonchev–Trinajstić information content (AvgIpc) is 3.32. The first-order valence-corrected chi connectivity index (χ1v) is 7.62. The molecule has 0 radical (unpaired) electrons. The van der Waals surface area contributed by atoms with Gasteiger partial charge in [0.1, 0.15) is 11.4 Å². The van der Waals surface area contributed by atoms with Gasteiger partial charge in [-0.15, -0.1) is 20.4 Å². The average molecular weight is 322 g/mol. The van der Waals surface area contributed by atoms with E-state index in [1.807, 2.05) is 18.2 Å². The maximum Gasteiger partial charge on any atom is 0.322 e. The van der Waals surface area contributed by atoms with E-state index in [2.05, 4.69) is 35.9 Å². The summed E-state index contributed by atoms with van der Waals surface area (Å²) in [5.41, 5.74) is 2.27. The normalized spacial score (nSPS) is 13.7. The minimum Gasteiger partial charge on any atom is -0.567 e. The zero-order valence-electron chi connectivity index (χ0n) is 13.3. The van der Waals surface area contributed by atoms with E-state index in [1.165, 1.54) is 4.80 Å². The molecular weight excluding hydrogens is 307 g/mol. The van der Waals surface area contributed by atoms with Crippen LogP contribution >= 0.6 is 0 Å². The van der Waals surface area contributed by atoms with Crippen molar-refractivity contribution in [3.8, 4) is 28.4 Å². The number of benzene rings is 1. The van der Waals surface area contributed by atoms with E-state index in [0.717, 1.165) is 24.0 Å². The van der Waals surface area contributed by atoms with Gasteiger partial charge in [-0.05, 0) is 30.2 Å². The van der Waals surface area contributed by atoms with Crippen LogP contribution in [-0.2, 0) is 7.05 Å². The van der Waals surface area contributed by atoms with Crippen LogP contribution in [0.25, 0.3) is 22.6 Å². The molecule has 0 bridgehead atoms. The fourth-order valence-corrected chi connectivity index (χ4v) is 2.32. The largest absolute Gasteiger partial charge is 0.567 e. The van der Waals surface area contributed by atoms with Crippen molar-refractivity contribution in [1.82, 2.24) is 35.4 Å². The third-order valence-electron chi connectivity index (χ3n) is 3.72. The van der Waals surface area contributed by atoms with Gasteiger partial charge in [0.25, 0.3) is 0 Å². The van der Waals surface area contributed by atoms with E-state index >= 15 is 0 Å². The molecule has 0 unspecified atom stereocenters. The van der Waals surface area contributed by atoms with Gasteiger partial charge in [0, 0.05) is 17.2 Å². The van der Waals surface area contributed by atoms with E-state index in [-0.39, 0.29) is 0 Å². The van der Waals surface area contributed by atoms with Crippen molar-refractivity contribution in [2.45, 2.75) is 18.9 Å². The molecule has 9 nitrogen and oxygen atoms in total. The highest BCUT2D eigenvalue weighted by Crippen LogP contribution is 2.31. The van der Waals surface area contributed by atoms with Gasteiger partial charge in [-0.25, -0.2) is 4.98 Å². The lowest BCUT2D eigenvalue weighted by atomic mass is 10.1. The van der Waals surface area contributed by atoms with Crippen molar-refractivity contribution in [1.29, 1.82) is 0 Å². The van der Waals surface area contributed by atoms with Gasteiger partial charge >= 0.3 is 8.05 Å². The van der Waals surface area contributed by atoms with Crippen molar-refractivity contribution in [2.24, 2.45) is 7.05 Å². The summed E-state index contributed by atoms with van der Waals surface area (Å²) in [5, 5.41) is 23.6. The van der Waals surface area contributed by atoms with Crippen LogP contribution < -0.4 is 9.97 Å². The molecule has 1 aromatic carbocycles. The third kappa shape index (κ3) is 2.90. The van der Waals surface area contributed by atoms with Gasteiger partial charge in [0.05, 0.1) is 13.2 Å². The Balaban J connectivity index is 1.64. The Hall–Kier alpha value is -3.04. The molecule has 0 saturated heterocycles. The van der Waals surface area contributed by atoms with Gasteiger partial charge in [0.15, 0.2) is 0 Å². The van der Waals surface area contributed by atoms with Crippen LogP contribution in [0.3, 0.4) is 0 Å². The predicted molar refractivity (Wildman–Crippen MR) is 88.9 cm³/mol. The number of hydrogen-bond donors (Lipinski definition) is 1. The topological polar surface area (TPSA) is 104 Å². The molecule has 24 heavy (non-hydrogen) atoms. The monoisotopic (exact) mass is 322 g/mol. The first-order valence-electron chi connectivity index (χ1n) is 7.62. The van der Waals surface area contributed by atoms with Crippen molar-refractivity contribution in [3.05, 3.63) is 24.4 Å². The lowest BCUT2D eigenvalue weighted by Crippen LogP contribution is -2.06. The third-order valence-corrected chi connectivity index (χ3v) is 3.72. The summed E-state index contributed by atoms with van der Waals surface area (Å²) in [6.07, 6.45) is 4.02. The minimum absolute atomic E-state index is 0.492. The van der Waals surface area contributed by atoms with Crippen molar-refractivity contribution in [3.63, 3.8) is 0 Å². The highest BCUT2D eigenvalue weighted by atomic mass is 16.4. The van der Waals surface area contributed by atoms with Crippen molar-refractivity contribution in [2.75, 3.05) is 5.32 Å². The second-order valence-corrected chi connectivity index (χ2v) is 5.60. The standard InChI is InChI=1S/C14H15BN8O/c1-23-21-13(19-22-23)8-2-5-10(12(6-8)24-15)11-7-16-14(20-18-11)17-9-3-4-9/h2,5-7,9H,3-4,15H2,1H3,(H,16,17,20). The summed E-state index contributed by atoms with van der Waals surface area (Å²) in [6.45, 7) is 0. The number of hydrogen-bond acceptors (Lipinski definition) is 8. The minimum atomic E-state index is 0.492. The second kappa shape index (κ2) is 5.87. The van der Waals surface area contributed by atoms with Gasteiger partial charge < -0.3 is 9.97 Å². The van der Waals surface area contributed by atoms with Crippen molar-refractivity contribution < 1.29 is 4.65 Å². The number of anilines is 1. The summed E-state index contributed by atoms with van der Waals surface area (Å²) in [7, 11) is 3.33. The summed E-state index contributed by atoms with van der Waals surface area (Å²) in [4.78, 5) is 5.73. The maximum atomic E-state index is 5.48. The van der Waals surface area contributed by atoms with Gasteiger partial charge in [-0.1, -0.05) is 6.07 Å². The highest BCUT2D eigenvalue weighted by molar-refractivity contribution is 6.00. The first kappa shape index (κ1) is 14.6. The first-order chi connectivity index (χ1) is 11.7. The van der Waals surface area contributed by atoms with Crippen LogP contribution in [0.1, 0.15) is 12.8 Å². The Bertz CT molecular complexity index is 861. The number of aromatic nitrogens is 7. The van der Waals surface area contributed by atoms with E-state index in [9.17, 15) is 0 Å². The molecule has 0 spiro atoms. The van der Waals surface area contributed by atoms with Crippen LogP contribution in [0.5, 0.6) is 5.75 Å². The summed E-state index contributed by atoms with van der Waals surface area (Å²) in [5.74, 6) is 1.75. The number of nitrogens with zero attached hydrogens (tertiary/aromatic N) is 7. The number of nitrogens with one attached hydrogen (secondary N) is 1. The molecule has 0 amide bonds. The molecule has 1 fully saturated rings. The lowest BCUT2D eigenvalue weighted by Gasteiger charge is -2.09. The zero-order valence-corrected chi connectivity index (χ0v) is 13.3. The summed E-state index contributed by atoms with van der Waals surface area (Å²) >= 11 is 0. The number of aryl methyl sites for hydroxylation is 1. The molecule has 1 saturated carbocycles. The molecule has 4 rings (SSSR count). The van der Waals surface area contributed by atoms with Crippen molar-refractivity contribution >= 4 is 14.0 Å². The van der Waals surface area contributed by atoms with Crippen LogP contribution in [0.15, 0.2) is 24.4 Å². The number of tetrazole rings is 1. The Morgan fingerprint density at radius 1 is 1.25 bits per heavy atom. The summed E-state index contributed by atoms with van der Waals surface area (Å²) in [6, 6.07) is 6.13. The van der Waals surface area contributed by atoms with Crippen LogP contribution in [0.2, 0.25) is 0 Å². The number of rotatable bonds is 5. The molecule has 120 valence electrons.